The first-order valence-corrected chi connectivity index (χ1v) is 7.00. The third-order valence-corrected chi connectivity index (χ3v) is 4.33. The van der Waals surface area contributed by atoms with Gasteiger partial charge < -0.3 is 10.2 Å². The molecular weight excluding hydrogens is 228 g/mol. The lowest BCUT2D eigenvalue weighted by Crippen LogP contribution is -2.61. The van der Waals surface area contributed by atoms with E-state index in [2.05, 4.69) is 12.2 Å². The molecule has 2 rings (SSSR count). The van der Waals surface area contributed by atoms with Crippen LogP contribution in [0.5, 0.6) is 0 Å². The van der Waals surface area contributed by atoms with Crippen LogP contribution in [0.15, 0.2) is 0 Å². The van der Waals surface area contributed by atoms with Gasteiger partial charge in [0, 0.05) is 6.54 Å². The summed E-state index contributed by atoms with van der Waals surface area (Å²) in [5.74, 6) is 0.242. The van der Waals surface area contributed by atoms with Gasteiger partial charge in [0.05, 0.1) is 6.54 Å². The van der Waals surface area contributed by atoms with Gasteiger partial charge in [-0.15, -0.1) is 0 Å². The molecule has 2 aliphatic rings. The van der Waals surface area contributed by atoms with Crippen LogP contribution in [0.3, 0.4) is 0 Å². The molecular formula is C14H24N2O2. The van der Waals surface area contributed by atoms with Crippen LogP contribution in [-0.2, 0) is 9.59 Å². The van der Waals surface area contributed by atoms with Crippen molar-refractivity contribution in [3.63, 3.8) is 0 Å². The standard InChI is InChI=1S/C14H24N2O2/c1-10(2)12-13(18)15-8-11(17)16(12)9-14(3)6-4-5-7-14/h10,12H,4-9H2,1-3H3,(H,15,18). The number of amides is 2. The minimum absolute atomic E-state index is 0.00574. The molecule has 0 bridgehead atoms. The van der Waals surface area contributed by atoms with Crippen molar-refractivity contribution in [1.82, 2.24) is 10.2 Å². The summed E-state index contributed by atoms with van der Waals surface area (Å²) >= 11 is 0. The van der Waals surface area contributed by atoms with Gasteiger partial charge in [0.2, 0.25) is 11.8 Å². The molecule has 0 spiro atoms. The Morgan fingerprint density at radius 2 is 1.94 bits per heavy atom. The van der Waals surface area contributed by atoms with Crippen molar-refractivity contribution < 1.29 is 9.59 Å². The Bertz CT molecular complexity index is 346. The molecule has 18 heavy (non-hydrogen) atoms. The number of rotatable bonds is 3. The zero-order valence-electron chi connectivity index (χ0n) is 11.7. The molecule has 4 heteroatoms. The molecule has 0 aromatic heterocycles. The maximum absolute atomic E-state index is 12.1. The number of carbonyl (C=O) groups excluding carboxylic acids is 2. The number of hydrogen-bond acceptors (Lipinski definition) is 2. The van der Waals surface area contributed by atoms with E-state index in [9.17, 15) is 9.59 Å². The lowest BCUT2D eigenvalue weighted by atomic mass is 9.86. The molecule has 0 radical (unpaired) electrons. The van der Waals surface area contributed by atoms with Crippen LogP contribution in [0.2, 0.25) is 0 Å². The molecule has 1 heterocycles. The lowest BCUT2D eigenvalue weighted by molar-refractivity contribution is -0.149. The van der Waals surface area contributed by atoms with Crippen LogP contribution in [0, 0.1) is 11.3 Å². The monoisotopic (exact) mass is 252 g/mol. The van der Waals surface area contributed by atoms with Gasteiger partial charge in [-0.05, 0) is 24.2 Å². The smallest absolute Gasteiger partial charge is 0.243 e. The maximum atomic E-state index is 12.1. The average molecular weight is 252 g/mol. The number of piperazine rings is 1. The first-order valence-electron chi connectivity index (χ1n) is 7.00. The largest absolute Gasteiger partial charge is 0.345 e. The van der Waals surface area contributed by atoms with Gasteiger partial charge >= 0.3 is 0 Å². The second-order valence-electron chi connectivity index (χ2n) is 6.45. The zero-order chi connectivity index (χ0) is 13.3. The molecule has 1 aliphatic carbocycles. The second kappa shape index (κ2) is 4.90. The van der Waals surface area contributed by atoms with E-state index < -0.39 is 0 Å². The van der Waals surface area contributed by atoms with Crippen molar-refractivity contribution in [2.45, 2.75) is 52.5 Å². The SMILES string of the molecule is CC(C)C1C(=O)NCC(=O)N1CC1(C)CCCC1. The first-order chi connectivity index (χ1) is 8.43. The van der Waals surface area contributed by atoms with Crippen molar-refractivity contribution in [1.29, 1.82) is 0 Å². The molecule has 1 N–H and O–H groups in total. The third kappa shape index (κ3) is 2.52. The van der Waals surface area contributed by atoms with E-state index in [4.69, 9.17) is 0 Å². The van der Waals surface area contributed by atoms with Crippen molar-refractivity contribution in [2.24, 2.45) is 11.3 Å². The summed E-state index contributed by atoms with van der Waals surface area (Å²) in [5, 5.41) is 2.70. The van der Waals surface area contributed by atoms with Crippen LogP contribution >= 0.6 is 0 Å². The van der Waals surface area contributed by atoms with Crippen molar-refractivity contribution in [2.75, 3.05) is 13.1 Å². The Hall–Kier alpha value is -1.06. The Balaban J connectivity index is 2.15. The van der Waals surface area contributed by atoms with Crippen molar-refractivity contribution in [3.8, 4) is 0 Å². The average Bonchev–Trinajstić information content (AvgIpc) is 2.70. The van der Waals surface area contributed by atoms with E-state index in [1.165, 1.54) is 25.7 Å². The summed E-state index contributed by atoms with van der Waals surface area (Å²) in [4.78, 5) is 25.9. The predicted molar refractivity (Wildman–Crippen MR) is 69.9 cm³/mol. The highest BCUT2D eigenvalue weighted by molar-refractivity contribution is 5.95. The minimum atomic E-state index is -0.288. The molecule has 1 unspecified atom stereocenters. The van der Waals surface area contributed by atoms with Gasteiger partial charge in [-0.2, -0.15) is 0 Å². The van der Waals surface area contributed by atoms with E-state index >= 15 is 0 Å². The highest BCUT2D eigenvalue weighted by Crippen LogP contribution is 2.39. The number of nitrogens with zero attached hydrogens (tertiary/aromatic N) is 1. The van der Waals surface area contributed by atoms with Crippen LogP contribution in [-0.4, -0.2) is 35.8 Å². The lowest BCUT2D eigenvalue weighted by Gasteiger charge is -2.41. The van der Waals surface area contributed by atoms with Gasteiger partial charge in [-0.25, -0.2) is 0 Å². The van der Waals surface area contributed by atoms with Gasteiger partial charge in [0.25, 0.3) is 0 Å². The summed E-state index contributed by atoms with van der Waals surface area (Å²) in [6.07, 6.45) is 4.83. The van der Waals surface area contributed by atoms with Crippen LogP contribution < -0.4 is 5.32 Å². The molecule has 1 saturated heterocycles. The summed E-state index contributed by atoms with van der Waals surface area (Å²) in [6.45, 7) is 7.16. The first kappa shape index (κ1) is 13.4. The zero-order valence-corrected chi connectivity index (χ0v) is 11.7. The highest BCUT2D eigenvalue weighted by atomic mass is 16.2. The molecule has 1 aliphatic heterocycles. The molecule has 2 amide bonds. The number of nitrogens with one attached hydrogen (secondary N) is 1. The molecule has 1 saturated carbocycles. The number of carbonyl (C=O) groups is 2. The Morgan fingerprint density at radius 1 is 1.33 bits per heavy atom. The summed E-state index contributed by atoms with van der Waals surface area (Å²) in [6, 6.07) is -0.288. The fraction of sp³-hybridized carbons (Fsp3) is 0.857. The molecule has 4 nitrogen and oxygen atoms in total. The van der Waals surface area contributed by atoms with Crippen LogP contribution in [0.1, 0.15) is 46.5 Å². The summed E-state index contributed by atoms with van der Waals surface area (Å²) in [5.41, 5.74) is 0.209. The molecule has 0 aromatic rings. The second-order valence-corrected chi connectivity index (χ2v) is 6.45. The Morgan fingerprint density at radius 3 is 2.50 bits per heavy atom. The van der Waals surface area contributed by atoms with Crippen molar-refractivity contribution in [3.05, 3.63) is 0 Å². The van der Waals surface area contributed by atoms with Gasteiger partial charge in [0.1, 0.15) is 6.04 Å². The normalized spacial score (nSPS) is 27.8. The third-order valence-electron chi connectivity index (χ3n) is 4.33. The van der Waals surface area contributed by atoms with Gasteiger partial charge in [-0.3, -0.25) is 9.59 Å². The Labute approximate surface area is 109 Å². The molecule has 0 aromatic carbocycles. The predicted octanol–water partition coefficient (Wildman–Crippen LogP) is 1.55. The molecule has 102 valence electrons. The topological polar surface area (TPSA) is 49.4 Å². The van der Waals surface area contributed by atoms with E-state index in [0.717, 1.165) is 6.54 Å². The van der Waals surface area contributed by atoms with E-state index in [0.29, 0.717) is 0 Å². The van der Waals surface area contributed by atoms with Crippen LogP contribution in [0.4, 0.5) is 0 Å². The van der Waals surface area contributed by atoms with Gasteiger partial charge in [-0.1, -0.05) is 33.6 Å². The van der Waals surface area contributed by atoms with E-state index in [1.807, 2.05) is 18.7 Å². The quantitative estimate of drug-likeness (QED) is 0.828. The molecule has 2 fully saturated rings. The highest BCUT2D eigenvalue weighted by Gasteiger charge is 2.41. The van der Waals surface area contributed by atoms with E-state index in [1.54, 1.807) is 0 Å². The number of hydrogen-bond donors (Lipinski definition) is 1. The van der Waals surface area contributed by atoms with Gasteiger partial charge in [0.15, 0.2) is 0 Å². The summed E-state index contributed by atoms with van der Waals surface area (Å²) < 4.78 is 0. The fourth-order valence-electron chi connectivity index (χ4n) is 3.31. The van der Waals surface area contributed by atoms with E-state index in [-0.39, 0.29) is 35.7 Å². The maximum Gasteiger partial charge on any atom is 0.243 e. The Kier molecular flexibility index (Phi) is 3.64. The molecule has 1 atom stereocenters. The fourth-order valence-corrected chi connectivity index (χ4v) is 3.31. The minimum Gasteiger partial charge on any atom is -0.345 e. The van der Waals surface area contributed by atoms with Crippen molar-refractivity contribution >= 4 is 11.8 Å². The summed E-state index contributed by atoms with van der Waals surface area (Å²) in [7, 11) is 0. The van der Waals surface area contributed by atoms with Crippen LogP contribution in [0.25, 0.3) is 0 Å².